The van der Waals surface area contributed by atoms with Crippen molar-refractivity contribution in [2.45, 2.75) is 20.0 Å². The van der Waals surface area contributed by atoms with Gasteiger partial charge in [-0.05, 0) is 30.2 Å². The summed E-state index contributed by atoms with van der Waals surface area (Å²) < 4.78 is 13.8. The van der Waals surface area contributed by atoms with Gasteiger partial charge in [0.2, 0.25) is 0 Å². The predicted molar refractivity (Wildman–Crippen MR) is 81.1 cm³/mol. The Kier molecular flexibility index (Phi) is 5.06. The molecule has 0 saturated carbocycles. The highest BCUT2D eigenvalue weighted by atomic mass is 19.1. The largest absolute Gasteiger partial charge is 0.334 e. The molecular weight excluding hydrogens is 267 g/mol. The molecule has 0 spiro atoms. The molecule has 0 fully saturated rings. The van der Waals surface area contributed by atoms with Gasteiger partial charge in [-0.1, -0.05) is 36.4 Å². The topological polar surface area (TPSA) is 46.3 Å². The first-order valence-corrected chi connectivity index (χ1v) is 6.98. The molecule has 2 rings (SSSR count). The van der Waals surface area contributed by atoms with Gasteiger partial charge in [-0.25, -0.2) is 4.39 Å². The number of nitrogens with zero attached hydrogens (tertiary/aromatic N) is 1. The maximum absolute atomic E-state index is 13.8. The van der Waals surface area contributed by atoms with Crippen molar-refractivity contribution in [1.82, 2.24) is 4.90 Å². The van der Waals surface area contributed by atoms with Gasteiger partial charge in [-0.2, -0.15) is 0 Å². The second kappa shape index (κ2) is 6.99. The molecule has 0 bridgehead atoms. The fraction of sp³-hybridized carbons (Fsp3) is 0.235. The van der Waals surface area contributed by atoms with E-state index in [2.05, 4.69) is 0 Å². The maximum atomic E-state index is 13.8. The number of benzene rings is 2. The molecule has 2 N–H and O–H groups in total. The van der Waals surface area contributed by atoms with Gasteiger partial charge in [0.05, 0.1) is 5.56 Å². The molecule has 0 heterocycles. The highest BCUT2D eigenvalue weighted by Gasteiger charge is 2.18. The van der Waals surface area contributed by atoms with E-state index < -0.39 is 5.82 Å². The van der Waals surface area contributed by atoms with Crippen molar-refractivity contribution >= 4 is 5.91 Å². The number of hydrogen-bond donors (Lipinski definition) is 1. The van der Waals surface area contributed by atoms with E-state index in [-0.39, 0.29) is 11.5 Å². The molecule has 0 aliphatic heterocycles. The van der Waals surface area contributed by atoms with E-state index in [0.717, 1.165) is 11.1 Å². The van der Waals surface area contributed by atoms with Gasteiger partial charge < -0.3 is 10.6 Å². The Bertz CT molecular complexity index is 628. The lowest BCUT2D eigenvalue weighted by Crippen LogP contribution is -2.31. The monoisotopic (exact) mass is 286 g/mol. The van der Waals surface area contributed by atoms with Crippen LogP contribution in [0.5, 0.6) is 0 Å². The van der Waals surface area contributed by atoms with Crippen LogP contribution >= 0.6 is 0 Å². The zero-order chi connectivity index (χ0) is 15.2. The number of amides is 1. The maximum Gasteiger partial charge on any atom is 0.257 e. The molecule has 4 heteroatoms. The SMILES string of the molecule is CCN(Cc1ccccc1CN)C(=O)c1ccccc1F. The fourth-order valence-corrected chi connectivity index (χ4v) is 2.25. The van der Waals surface area contributed by atoms with Crippen LogP contribution in [0.25, 0.3) is 0 Å². The van der Waals surface area contributed by atoms with Gasteiger partial charge in [-0.15, -0.1) is 0 Å². The van der Waals surface area contributed by atoms with E-state index in [0.29, 0.717) is 19.6 Å². The number of halogens is 1. The molecule has 0 aliphatic rings. The Hall–Kier alpha value is -2.20. The Morgan fingerprint density at radius 1 is 1.10 bits per heavy atom. The van der Waals surface area contributed by atoms with Gasteiger partial charge in [0.1, 0.15) is 5.82 Å². The summed E-state index contributed by atoms with van der Waals surface area (Å²) in [7, 11) is 0. The molecule has 0 aliphatic carbocycles. The van der Waals surface area contributed by atoms with Crippen LogP contribution in [0.2, 0.25) is 0 Å². The first-order valence-electron chi connectivity index (χ1n) is 6.98. The Morgan fingerprint density at radius 2 is 1.71 bits per heavy atom. The zero-order valence-corrected chi connectivity index (χ0v) is 12.1. The number of carbonyl (C=O) groups is 1. The van der Waals surface area contributed by atoms with Crippen molar-refractivity contribution in [3.05, 3.63) is 71.0 Å². The minimum absolute atomic E-state index is 0.101. The van der Waals surface area contributed by atoms with Gasteiger partial charge in [0.15, 0.2) is 0 Å². The molecule has 2 aromatic carbocycles. The van der Waals surface area contributed by atoms with E-state index >= 15 is 0 Å². The van der Waals surface area contributed by atoms with E-state index in [1.54, 1.807) is 17.0 Å². The molecule has 2 aromatic rings. The summed E-state index contributed by atoms with van der Waals surface area (Å²) in [4.78, 5) is 14.1. The summed E-state index contributed by atoms with van der Waals surface area (Å²) >= 11 is 0. The van der Waals surface area contributed by atoms with Crippen LogP contribution in [0.4, 0.5) is 4.39 Å². The van der Waals surface area contributed by atoms with Crippen LogP contribution in [-0.4, -0.2) is 17.4 Å². The quantitative estimate of drug-likeness (QED) is 0.918. The Morgan fingerprint density at radius 3 is 2.33 bits per heavy atom. The van der Waals surface area contributed by atoms with Crippen molar-refractivity contribution < 1.29 is 9.18 Å². The summed E-state index contributed by atoms with van der Waals surface area (Å²) in [6, 6.07) is 13.8. The average Bonchev–Trinajstić information content (AvgIpc) is 2.52. The van der Waals surface area contributed by atoms with Crippen LogP contribution in [0.3, 0.4) is 0 Å². The molecule has 0 saturated heterocycles. The highest BCUT2D eigenvalue weighted by Crippen LogP contribution is 2.15. The zero-order valence-electron chi connectivity index (χ0n) is 12.1. The average molecular weight is 286 g/mol. The molecule has 0 radical (unpaired) electrons. The fourth-order valence-electron chi connectivity index (χ4n) is 2.25. The second-order valence-electron chi connectivity index (χ2n) is 4.77. The summed E-state index contributed by atoms with van der Waals surface area (Å²) in [6.45, 7) is 3.23. The van der Waals surface area contributed by atoms with E-state index in [1.807, 2.05) is 31.2 Å². The second-order valence-corrected chi connectivity index (χ2v) is 4.77. The molecule has 1 amide bonds. The number of hydrogen-bond acceptors (Lipinski definition) is 2. The van der Waals surface area contributed by atoms with E-state index in [4.69, 9.17) is 5.73 Å². The lowest BCUT2D eigenvalue weighted by molar-refractivity contribution is 0.0747. The first-order chi connectivity index (χ1) is 10.2. The van der Waals surface area contributed by atoms with E-state index in [1.165, 1.54) is 12.1 Å². The van der Waals surface area contributed by atoms with E-state index in [9.17, 15) is 9.18 Å². The first kappa shape index (κ1) is 15.2. The smallest absolute Gasteiger partial charge is 0.257 e. The van der Waals surface area contributed by atoms with Gasteiger partial charge in [-0.3, -0.25) is 4.79 Å². The van der Waals surface area contributed by atoms with Crippen molar-refractivity contribution in [3.63, 3.8) is 0 Å². The van der Waals surface area contributed by atoms with Crippen molar-refractivity contribution in [2.75, 3.05) is 6.54 Å². The molecule has 0 atom stereocenters. The molecule has 110 valence electrons. The Balaban J connectivity index is 2.24. The molecule has 21 heavy (non-hydrogen) atoms. The third-order valence-corrected chi connectivity index (χ3v) is 3.47. The minimum atomic E-state index is -0.493. The normalized spacial score (nSPS) is 10.4. The van der Waals surface area contributed by atoms with Crippen LogP contribution in [0, 0.1) is 5.82 Å². The molecular formula is C17H19FN2O. The summed E-state index contributed by atoms with van der Waals surface area (Å²) in [5.74, 6) is -0.796. The Labute approximate surface area is 124 Å². The highest BCUT2D eigenvalue weighted by molar-refractivity contribution is 5.94. The van der Waals surface area contributed by atoms with Crippen molar-refractivity contribution in [3.8, 4) is 0 Å². The summed E-state index contributed by atoms with van der Waals surface area (Å²) in [6.07, 6.45) is 0. The number of nitrogens with two attached hydrogens (primary N) is 1. The van der Waals surface area contributed by atoms with Gasteiger partial charge >= 0.3 is 0 Å². The van der Waals surface area contributed by atoms with Crippen LogP contribution in [0.15, 0.2) is 48.5 Å². The van der Waals surface area contributed by atoms with Crippen LogP contribution < -0.4 is 5.73 Å². The summed E-state index contributed by atoms with van der Waals surface area (Å²) in [5, 5.41) is 0. The standard InChI is InChI=1S/C17H19FN2O/c1-2-20(12-14-8-4-3-7-13(14)11-19)17(21)15-9-5-6-10-16(15)18/h3-10H,2,11-12,19H2,1H3. The molecule has 0 unspecified atom stereocenters. The predicted octanol–water partition coefficient (Wildman–Crippen LogP) is 2.95. The van der Waals surface area contributed by atoms with Gasteiger partial charge in [0, 0.05) is 19.6 Å². The van der Waals surface area contributed by atoms with Gasteiger partial charge in [0.25, 0.3) is 5.91 Å². The number of rotatable bonds is 5. The number of carbonyl (C=O) groups excluding carboxylic acids is 1. The van der Waals surface area contributed by atoms with Crippen LogP contribution in [-0.2, 0) is 13.1 Å². The lowest BCUT2D eigenvalue weighted by atomic mass is 10.1. The minimum Gasteiger partial charge on any atom is -0.334 e. The third-order valence-electron chi connectivity index (χ3n) is 3.47. The van der Waals surface area contributed by atoms with Crippen molar-refractivity contribution in [2.24, 2.45) is 5.73 Å². The van der Waals surface area contributed by atoms with Crippen molar-refractivity contribution in [1.29, 1.82) is 0 Å². The third kappa shape index (κ3) is 3.47. The molecule has 0 aromatic heterocycles. The lowest BCUT2D eigenvalue weighted by Gasteiger charge is -2.22. The molecule has 3 nitrogen and oxygen atoms in total. The summed E-state index contributed by atoms with van der Waals surface area (Å²) in [5.41, 5.74) is 7.81. The van der Waals surface area contributed by atoms with Crippen LogP contribution in [0.1, 0.15) is 28.4 Å².